The summed E-state index contributed by atoms with van der Waals surface area (Å²) in [4.78, 5) is 16.5. The summed E-state index contributed by atoms with van der Waals surface area (Å²) in [5, 5.41) is 12.1. The fourth-order valence-corrected chi connectivity index (χ4v) is 2.88. The number of benzene rings is 1. The van der Waals surface area contributed by atoms with Crippen LogP contribution in [-0.2, 0) is 11.2 Å². The van der Waals surface area contributed by atoms with Gasteiger partial charge in [0.05, 0.1) is 12.7 Å². The van der Waals surface area contributed by atoms with Crippen LogP contribution in [0.4, 0.5) is 4.39 Å². The number of carbonyl (C=O) groups is 1. The summed E-state index contributed by atoms with van der Waals surface area (Å²) in [5.41, 5.74) is 2.30. The summed E-state index contributed by atoms with van der Waals surface area (Å²) in [6, 6.07) is 9.83. The lowest BCUT2D eigenvalue weighted by molar-refractivity contribution is 0.0255. The summed E-state index contributed by atoms with van der Waals surface area (Å²) >= 11 is 0. The van der Waals surface area contributed by atoms with Gasteiger partial charge in [-0.1, -0.05) is 12.1 Å². The number of aryl methyl sites for hydroxylation is 1. The number of nitrogens with one attached hydrogen (secondary N) is 1. The van der Waals surface area contributed by atoms with Crippen molar-refractivity contribution in [2.75, 3.05) is 19.7 Å². The Labute approximate surface area is 157 Å². The molecule has 0 bridgehead atoms. The van der Waals surface area contributed by atoms with Gasteiger partial charge in [-0.25, -0.2) is 9.37 Å². The predicted octanol–water partition coefficient (Wildman–Crippen LogP) is 2.91. The molecule has 1 aromatic heterocycles. The van der Waals surface area contributed by atoms with Crippen LogP contribution in [0.1, 0.15) is 39.0 Å². The van der Waals surface area contributed by atoms with E-state index in [1.807, 2.05) is 6.07 Å². The van der Waals surface area contributed by atoms with Crippen molar-refractivity contribution in [3.63, 3.8) is 0 Å². The average Bonchev–Trinajstić information content (AvgIpc) is 2.62. The third-order valence-electron chi connectivity index (χ3n) is 4.09. The largest absolute Gasteiger partial charge is 0.371 e. The van der Waals surface area contributed by atoms with Gasteiger partial charge >= 0.3 is 0 Å². The zero-order valence-corrected chi connectivity index (χ0v) is 15.1. The molecule has 0 saturated carbocycles. The lowest BCUT2D eigenvalue weighted by Crippen LogP contribution is -2.33. The van der Waals surface area contributed by atoms with Gasteiger partial charge in [0.2, 0.25) is 0 Å². The molecule has 0 radical (unpaired) electrons. The zero-order valence-electron chi connectivity index (χ0n) is 14.3. The lowest BCUT2D eigenvalue weighted by Gasteiger charge is -2.24. The van der Waals surface area contributed by atoms with E-state index in [0.717, 1.165) is 6.54 Å². The number of aromatic nitrogens is 1. The van der Waals surface area contributed by atoms with Crippen molar-refractivity contribution in [3.8, 4) is 6.07 Å². The van der Waals surface area contributed by atoms with Crippen LogP contribution in [0.2, 0.25) is 0 Å². The molecule has 1 atom stereocenters. The highest BCUT2D eigenvalue weighted by molar-refractivity contribution is 5.97. The molecule has 7 heteroatoms. The number of Topliss-reactive ketones (excluding diaryl/α,β-unsaturated/α-hetero) is 1. The number of pyridine rings is 1. The average molecular weight is 376 g/mol. The highest BCUT2D eigenvalue weighted by Gasteiger charge is 2.20. The number of morpholine rings is 1. The van der Waals surface area contributed by atoms with Gasteiger partial charge < -0.3 is 10.1 Å². The van der Waals surface area contributed by atoms with Crippen molar-refractivity contribution in [3.05, 3.63) is 64.2 Å². The summed E-state index contributed by atoms with van der Waals surface area (Å²) < 4.78 is 20.0. The zero-order chi connectivity index (χ0) is 17.8. The maximum Gasteiger partial charge on any atom is 0.167 e. The van der Waals surface area contributed by atoms with Gasteiger partial charge in [0.25, 0.3) is 0 Å². The number of rotatable bonds is 4. The summed E-state index contributed by atoms with van der Waals surface area (Å²) in [6.07, 6.45) is -0.241. The van der Waals surface area contributed by atoms with E-state index in [-0.39, 0.29) is 42.2 Å². The van der Waals surface area contributed by atoms with Gasteiger partial charge in [-0.2, -0.15) is 5.26 Å². The Morgan fingerprint density at radius 3 is 2.88 bits per heavy atom. The number of ether oxygens (including phenoxy) is 1. The van der Waals surface area contributed by atoms with Crippen LogP contribution in [0.15, 0.2) is 30.3 Å². The van der Waals surface area contributed by atoms with Crippen LogP contribution in [-0.4, -0.2) is 30.5 Å². The number of carbonyl (C=O) groups excluding carboxylic acids is 1. The topological polar surface area (TPSA) is 75.0 Å². The van der Waals surface area contributed by atoms with Crippen molar-refractivity contribution < 1.29 is 13.9 Å². The molecule has 2 heterocycles. The summed E-state index contributed by atoms with van der Waals surface area (Å²) in [7, 11) is 0. The second-order valence-electron chi connectivity index (χ2n) is 6.01. The second kappa shape index (κ2) is 8.86. The van der Waals surface area contributed by atoms with Crippen LogP contribution < -0.4 is 5.32 Å². The minimum Gasteiger partial charge on any atom is -0.371 e. The van der Waals surface area contributed by atoms with Crippen molar-refractivity contribution >= 4 is 18.2 Å². The number of hydrogen-bond donors (Lipinski definition) is 1. The van der Waals surface area contributed by atoms with Gasteiger partial charge in [0.15, 0.2) is 5.78 Å². The van der Waals surface area contributed by atoms with E-state index in [4.69, 9.17) is 10.00 Å². The Bertz CT molecular complexity index is 845. The van der Waals surface area contributed by atoms with Crippen LogP contribution >= 0.6 is 12.4 Å². The maximum absolute atomic E-state index is 14.4. The van der Waals surface area contributed by atoms with Gasteiger partial charge in [0.1, 0.15) is 17.6 Å². The van der Waals surface area contributed by atoms with Crippen molar-refractivity contribution in [1.29, 1.82) is 5.26 Å². The Kier molecular flexibility index (Phi) is 6.81. The maximum atomic E-state index is 14.4. The Morgan fingerprint density at radius 2 is 2.23 bits per heavy atom. The van der Waals surface area contributed by atoms with Crippen LogP contribution in [0.25, 0.3) is 0 Å². The Morgan fingerprint density at radius 1 is 1.42 bits per heavy atom. The monoisotopic (exact) mass is 375 g/mol. The Hall–Kier alpha value is -2.33. The second-order valence-corrected chi connectivity index (χ2v) is 6.01. The SMILES string of the molecule is Cc1cc(C(=O)Cc2ccc([C@H]3CNCCO3)c(F)c2)cc(C#N)n1.Cl. The third-order valence-corrected chi connectivity index (χ3v) is 4.09. The third kappa shape index (κ3) is 4.64. The quantitative estimate of drug-likeness (QED) is 0.831. The first kappa shape index (κ1) is 20.0. The van der Waals surface area contributed by atoms with E-state index in [9.17, 15) is 9.18 Å². The molecule has 3 rings (SSSR count). The van der Waals surface area contributed by atoms with Gasteiger partial charge in [-0.05, 0) is 30.7 Å². The Balaban J connectivity index is 0.00000243. The van der Waals surface area contributed by atoms with Crippen LogP contribution in [0.5, 0.6) is 0 Å². The molecular formula is C19H19ClFN3O2. The smallest absolute Gasteiger partial charge is 0.167 e. The first-order chi connectivity index (χ1) is 12.1. The molecule has 0 unspecified atom stereocenters. The first-order valence-electron chi connectivity index (χ1n) is 8.09. The minimum atomic E-state index is -0.373. The number of hydrogen-bond acceptors (Lipinski definition) is 5. The van der Waals surface area contributed by atoms with Crippen molar-refractivity contribution in [2.45, 2.75) is 19.4 Å². The molecule has 1 fully saturated rings. The number of ketones is 1. The number of nitrogens with zero attached hydrogens (tertiary/aromatic N) is 2. The standard InChI is InChI=1S/C19H18FN3O2.ClH/c1-12-6-14(9-15(10-21)23-12)18(24)8-13-2-3-16(17(20)7-13)19-11-22-4-5-25-19;/h2-3,6-7,9,19,22H,4-5,8,11H2,1H3;1H/t19-;/m1./s1. The van der Waals surface area contributed by atoms with E-state index >= 15 is 0 Å². The van der Waals surface area contributed by atoms with Crippen molar-refractivity contribution in [1.82, 2.24) is 10.3 Å². The molecule has 0 amide bonds. The van der Waals surface area contributed by atoms with Gasteiger partial charge in [-0.15, -0.1) is 12.4 Å². The molecule has 0 spiro atoms. The molecule has 2 aromatic rings. The number of nitriles is 1. The highest BCUT2D eigenvalue weighted by atomic mass is 35.5. The molecule has 1 aliphatic heterocycles. The predicted molar refractivity (Wildman–Crippen MR) is 96.9 cm³/mol. The fourth-order valence-electron chi connectivity index (χ4n) is 2.88. The van der Waals surface area contributed by atoms with E-state index in [1.165, 1.54) is 12.1 Å². The van der Waals surface area contributed by atoms with E-state index in [1.54, 1.807) is 25.1 Å². The summed E-state index contributed by atoms with van der Waals surface area (Å²) in [6.45, 7) is 3.61. The highest BCUT2D eigenvalue weighted by Crippen LogP contribution is 2.23. The fraction of sp³-hybridized carbons (Fsp3) is 0.316. The first-order valence-corrected chi connectivity index (χ1v) is 8.09. The molecule has 1 N–H and O–H groups in total. The van der Waals surface area contributed by atoms with Gasteiger partial charge in [0, 0.05) is 36.3 Å². The van der Waals surface area contributed by atoms with Crippen LogP contribution in [0, 0.1) is 24.1 Å². The van der Waals surface area contributed by atoms with Crippen molar-refractivity contribution in [2.24, 2.45) is 0 Å². The minimum absolute atomic E-state index is 0. The van der Waals surface area contributed by atoms with E-state index in [2.05, 4.69) is 10.3 Å². The molecular weight excluding hydrogens is 357 g/mol. The van der Waals surface area contributed by atoms with Crippen LogP contribution in [0.3, 0.4) is 0 Å². The van der Waals surface area contributed by atoms with Gasteiger partial charge in [-0.3, -0.25) is 4.79 Å². The van der Waals surface area contributed by atoms with E-state index < -0.39 is 0 Å². The molecule has 0 aliphatic carbocycles. The number of halogens is 2. The molecule has 1 aliphatic rings. The molecule has 5 nitrogen and oxygen atoms in total. The molecule has 1 aromatic carbocycles. The normalized spacial score (nSPS) is 16.4. The molecule has 136 valence electrons. The summed E-state index contributed by atoms with van der Waals surface area (Å²) in [5.74, 6) is -0.549. The molecule has 26 heavy (non-hydrogen) atoms. The lowest BCUT2D eigenvalue weighted by atomic mass is 9.99. The van der Waals surface area contributed by atoms with E-state index in [0.29, 0.717) is 35.5 Å². The molecule has 1 saturated heterocycles.